The number of nitrogens with zero attached hydrogens (tertiary/aromatic N) is 5. The first-order chi connectivity index (χ1) is 8.69. The number of anilines is 1. The van der Waals surface area contributed by atoms with Crippen LogP contribution < -0.4 is 5.73 Å². The molecule has 0 saturated heterocycles. The number of aryl methyl sites for hydroxylation is 1. The molecule has 0 fully saturated rings. The lowest BCUT2D eigenvalue weighted by Gasteiger charge is -2.01. The molecule has 0 aliphatic heterocycles. The van der Waals surface area contributed by atoms with Crippen LogP contribution >= 0.6 is 0 Å². The molecular formula is C11H8N6O. The van der Waals surface area contributed by atoms with E-state index in [1.807, 2.05) is 19.1 Å². The van der Waals surface area contributed by atoms with Gasteiger partial charge in [0.25, 0.3) is 0 Å². The summed E-state index contributed by atoms with van der Waals surface area (Å²) in [4.78, 5) is 8.10. The van der Waals surface area contributed by atoms with E-state index in [4.69, 9.17) is 15.4 Å². The van der Waals surface area contributed by atoms with E-state index in [0.29, 0.717) is 22.8 Å². The molecule has 0 aliphatic rings. The van der Waals surface area contributed by atoms with Gasteiger partial charge in [0, 0.05) is 0 Å². The number of furan rings is 1. The van der Waals surface area contributed by atoms with Gasteiger partial charge in [-0.15, -0.1) is 0 Å². The topological polar surface area (TPSA) is 106 Å². The van der Waals surface area contributed by atoms with Crippen molar-refractivity contribution in [2.24, 2.45) is 0 Å². The zero-order chi connectivity index (χ0) is 12.7. The summed E-state index contributed by atoms with van der Waals surface area (Å²) < 4.78 is 6.92. The van der Waals surface area contributed by atoms with Crippen molar-refractivity contribution in [2.45, 2.75) is 6.92 Å². The van der Waals surface area contributed by atoms with Gasteiger partial charge in [-0.05, 0) is 19.1 Å². The number of aromatic nitrogens is 4. The van der Waals surface area contributed by atoms with E-state index in [9.17, 15) is 0 Å². The van der Waals surface area contributed by atoms with Gasteiger partial charge < -0.3 is 10.2 Å². The highest BCUT2D eigenvalue weighted by Gasteiger charge is 2.15. The molecule has 3 heterocycles. The van der Waals surface area contributed by atoms with Crippen LogP contribution in [0, 0.1) is 18.3 Å². The summed E-state index contributed by atoms with van der Waals surface area (Å²) >= 11 is 0. The van der Waals surface area contributed by atoms with E-state index in [1.54, 1.807) is 6.07 Å². The van der Waals surface area contributed by atoms with Crippen molar-refractivity contribution in [1.82, 2.24) is 19.6 Å². The first kappa shape index (κ1) is 10.3. The Morgan fingerprint density at radius 1 is 1.39 bits per heavy atom. The van der Waals surface area contributed by atoms with Crippen molar-refractivity contribution < 1.29 is 4.42 Å². The summed E-state index contributed by atoms with van der Waals surface area (Å²) in [5.74, 6) is 1.78. The van der Waals surface area contributed by atoms with Crippen LogP contribution in [-0.4, -0.2) is 19.6 Å². The molecule has 2 N–H and O–H groups in total. The quantitative estimate of drug-likeness (QED) is 0.683. The molecule has 0 amide bonds. The minimum Gasteiger partial charge on any atom is -0.458 e. The fourth-order valence-electron chi connectivity index (χ4n) is 1.69. The first-order valence-corrected chi connectivity index (χ1v) is 5.17. The van der Waals surface area contributed by atoms with Crippen molar-refractivity contribution >= 4 is 11.6 Å². The highest BCUT2D eigenvalue weighted by Crippen LogP contribution is 2.22. The Balaban J connectivity index is 2.36. The van der Waals surface area contributed by atoms with Crippen molar-refractivity contribution in [1.29, 1.82) is 5.26 Å². The summed E-state index contributed by atoms with van der Waals surface area (Å²) in [6.07, 6.45) is 1.42. The Morgan fingerprint density at radius 2 is 2.22 bits per heavy atom. The van der Waals surface area contributed by atoms with Crippen LogP contribution in [0.5, 0.6) is 0 Å². The molecule has 0 radical (unpaired) electrons. The summed E-state index contributed by atoms with van der Waals surface area (Å²) in [5.41, 5.74) is 6.35. The van der Waals surface area contributed by atoms with E-state index in [2.05, 4.69) is 15.1 Å². The summed E-state index contributed by atoms with van der Waals surface area (Å²) in [5, 5.41) is 13.0. The SMILES string of the molecule is Cc1ccc(-c2nc(N)nc3c(C#N)cnn23)o1. The molecule has 0 atom stereocenters. The minimum absolute atomic E-state index is 0.0727. The average molecular weight is 240 g/mol. The van der Waals surface area contributed by atoms with Crippen LogP contribution in [0.25, 0.3) is 17.2 Å². The van der Waals surface area contributed by atoms with Gasteiger partial charge in [-0.1, -0.05) is 0 Å². The van der Waals surface area contributed by atoms with E-state index in [0.717, 1.165) is 5.76 Å². The van der Waals surface area contributed by atoms with Gasteiger partial charge in [0.05, 0.1) is 6.20 Å². The maximum atomic E-state index is 8.95. The van der Waals surface area contributed by atoms with E-state index in [1.165, 1.54) is 10.7 Å². The normalized spacial score (nSPS) is 10.7. The van der Waals surface area contributed by atoms with E-state index in [-0.39, 0.29) is 5.95 Å². The third-order valence-corrected chi connectivity index (χ3v) is 2.47. The highest BCUT2D eigenvalue weighted by molar-refractivity contribution is 5.61. The van der Waals surface area contributed by atoms with Gasteiger partial charge in [-0.3, -0.25) is 0 Å². The lowest BCUT2D eigenvalue weighted by Crippen LogP contribution is -2.04. The largest absolute Gasteiger partial charge is 0.458 e. The number of hydrogen-bond donors (Lipinski definition) is 1. The third-order valence-electron chi connectivity index (χ3n) is 2.47. The second kappa shape index (κ2) is 3.56. The third kappa shape index (κ3) is 1.40. The zero-order valence-electron chi connectivity index (χ0n) is 9.45. The van der Waals surface area contributed by atoms with Gasteiger partial charge in [0.15, 0.2) is 11.4 Å². The molecular weight excluding hydrogens is 232 g/mol. The van der Waals surface area contributed by atoms with Gasteiger partial charge in [-0.2, -0.15) is 24.8 Å². The van der Waals surface area contributed by atoms with Crippen LogP contribution in [-0.2, 0) is 0 Å². The molecule has 3 rings (SSSR count). The summed E-state index contributed by atoms with van der Waals surface area (Å²) in [7, 11) is 0. The van der Waals surface area contributed by atoms with Crippen LogP contribution in [0.1, 0.15) is 11.3 Å². The standard InChI is InChI=1S/C11H8N6O/c1-6-2-3-8(18-6)10-16-11(13)15-9-7(4-12)5-14-17(9)10/h2-3,5H,1H3,(H2,13,15). The Bertz CT molecular complexity index is 779. The lowest BCUT2D eigenvalue weighted by molar-refractivity contribution is 0.541. The maximum absolute atomic E-state index is 8.95. The second-order valence-electron chi connectivity index (χ2n) is 3.72. The van der Waals surface area contributed by atoms with Gasteiger partial charge in [-0.25, -0.2) is 0 Å². The second-order valence-corrected chi connectivity index (χ2v) is 3.72. The Kier molecular flexibility index (Phi) is 2.04. The summed E-state index contributed by atoms with van der Waals surface area (Å²) in [6, 6.07) is 5.58. The number of nitrogen functional groups attached to an aromatic ring is 1. The van der Waals surface area contributed by atoms with Crippen molar-refractivity contribution in [3.05, 3.63) is 29.7 Å². The van der Waals surface area contributed by atoms with Crippen LogP contribution in [0.15, 0.2) is 22.7 Å². The van der Waals surface area contributed by atoms with Crippen molar-refractivity contribution in [2.75, 3.05) is 5.73 Å². The molecule has 0 spiro atoms. The monoisotopic (exact) mass is 240 g/mol. The predicted molar refractivity (Wildman–Crippen MR) is 62.3 cm³/mol. The maximum Gasteiger partial charge on any atom is 0.224 e. The minimum atomic E-state index is 0.0727. The molecule has 18 heavy (non-hydrogen) atoms. The summed E-state index contributed by atoms with van der Waals surface area (Å²) in [6.45, 7) is 1.83. The number of nitriles is 1. The molecule has 0 bridgehead atoms. The fourth-order valence-corrected chi connectivity index (χ4v) is 1.69. The Hall–Kier alpha value is -2.88. The van der Waals surface area contributed by atoms with Gasteiger partial charge >= 0.3 is 0 Å². The number of nitrogens with two attached hydrogens (primary N) is 1. The molecule has 0 aliphatic carbocycles. The number of hydrogen-bond acceptors (Lipinski definition) is 6. The smallest absolute Gasteiger partial charge is 0.224 e. The van der Waals surface area contributed by atoms with Crippen LogP contribution in [0.2, 0.25) is 0 Å². The Labute approximate surface area is 101 Å². The van der Waals surface area contributed by atoms with Gasteiger partial charge in [0.1, 0.15) is 17.4 Å². The molecule has 0 unspecified atom stereocenters. The number of rotatable bonds is 1. The average Bonchev–Trinajstić information content (AvgIpc) is 2.94. The van der Waals surface area contributed by atoms with Crippen molar-refractivity contribution in [3.63, 3.8) is 0 Å². The highest BCUT2D eigenvalue weighted by atomic mass is 16.3. The fraction of sp³-hybridized carbons (Fsp3) is 0.0909. The molecule has 3 aromatic rings. The lowest BCUT2D eigenvalue weighted by atomic mass is 10.3. The van der Waals surface area contributed by atoms with Crippen LogP contribution in [0.4, 0.5) is 5.95 Å². The molecule has 7 nitrogen and oxygen atoms in total. The van der Waals surface area contributed by atoms with E-state index >= 15 is 0 Å². The van der Waals surface area contributed by atoms with Gasteiger partial charge in [0.2, 0.25) is 11.8 Å². The van der Waals surface area contributed by atoms with Crippen LogP contribution in [0.3, 0.4) is 0 Å². The predicted octanol–water partition coefficient (Wildman–Crippen LogP) is 1.15. The molecule has 0 saturated carbocycles. The Morgan fingerprint density at radius 3 is 2.89 bits per heavy atom. The molecule has 3 aromatic heterocycles. The van der Waals surface area contributed by atoms with Crippen molar-refractivity contribution in [3.8, 4) is 17.7 Å². The molecule has 88 valence electrons. The molecule has 7 heteroatoms. The first-order valence-electron chi connectivity index (χ1n) is 5.17. The number of fused-ring (bicyclic) bond motifs is 1. The zero-order valence-corrected chi connectivity index (χ0v) is 9.45. The van der Waals surface area contributed by atoms with E-state index < -0.39 is 0 Å². The molecule has 0 aromatic carbocycles.